The summed E-state index contributed by atoms with van der Waals surface area (Å²) in [6.07, 6.45) is 0. The number of hydrogen-bond donors (Lipinski definition) is 1. The molecule has 0 aliphatic heterocycles. The average Bonchev–Trinajstić information content (AvgIpc) is 2.42. The number of hydrogen-bond acceptors (Lipinski definition) is 3. The third kappa shape index (κ3) is 2.63. The molecule has 0 fully saturated rings. The van der Waals surface area contributed by atoms with E-state index in [9.17, 15) is 13.6 Å². The molecule has 0 unspecified atom stereocenters. The highest BCUT2D eigenvalue weighted by molar-refractivity contribution is 5.72. The van der Waals surface area contributed by atoms with Crippen molar-refractivity contribution in [1.82, 2.24) is 4.98 Å². The first-order valence-electron chi connectivity index (χ1n) is 6.24. The lowest BCUT2D eigenvalue weighted by atomic mass is 9.99. The monoisotopic (exact) mass is 290 g/mol. The van der Waals surface area contributed by atoms with E-state index >= 15 is 0 Å². The summed E-state index contributed by atoms with van der Waals surface area (Å²) in [5, 5.41) is 9.06. The smallest absolute Gasteiger partial charge is 0.266 e. The summed E-state index contributed by atoms with van der Waals surface area (Å²) in [6, 6.07) is 5.25. The van der Waals surface area contributed by atoms with E-state index in [1.807, 2.05) is 0 Å². The Morgan fingerprint density at radius 1 is 1.38 bits per heavy atom. The molecule has 0 aliphatic rings. The predicted molar refractivity (Wildman–Crippen MR) is 73.0 cm³/mol. The van der Waals surface area contributed by atoms with Crippen LogP contribution in [0.2, 0.25) is 0 Å². The number of pyridine rings is 1. The molecule has 0 bridgehead atoms. The Morgan fingerprint density at radius 2 is 2.10 bits per heavy atom. The van der Waals surface area contributed by atoms with Gasteiger partial charge in [-0.1, -0.05) is 0 Å². The number of H-pyrrole nitrogens is 1. The third-order valence-electron chi connectivity index (χ3n) is 2.90. The Balaban J connectivity index is 2.82. The molecule has 1 aromatic heterocycles. The molecule has 2 rings (SSSR count). The molecule has 1 N–H and O–H groups in total. The van der Waals surface area contributed by atoms with Crippen LogP contribution in [0.5, 0.6) is 5.75 Å². The second-order valence-electron chi connectivity index (χ2n) is 4.35. The van der Waals surface area contributed by atoms with Gasteiger partial charge in [-0.05, 0) is 32.0 Å². The Morgan fingerprint density at radius 3 is 2.71 bits per heavy atom. The number of nitriles is 1. The fraction of sp³-hybridized carbons (Fsp3) is 0.200. The molecule has 0 saturated carbocycles. The van der Waals surface area contributed by atoms with Crippen LogP contribution in [0.15, 0.2) is 23.0 Å². The van der Waals surface area contributed by atoms with Crippen molar-refractivity contribution < 1.29 is 13.5 Å². The summed E-state index contributed by atoms with van der Waals surface area (Å²) in [6.45, 7) is 3.44. The number of nitrogens with one attached hydrogen (secondary N) is 1. The van der Waals surface area contributed by atoms with Crippen LogP contribution in [0.1, 0.15) is 18.2 Å². The van der Waals surface area contributed by atoms with Gasteiger partial charge in [-0.3, -0.25) is 4.79 Å². The van der Waals surface area contributed by atoms with E-state index in [-0.39, 0.29) is 23.5 Å². The molecular formula is C15H12F2N2O2. The quantitative estimate of drug-likeness (QED) is 0.945. The number of aryl methyl sites for hydroxylation is 1. The van der Waals surface area contributed by atoms with E-state index in [0.29, 0.717) is 5.69 Å². The molecule has 0 spiro atoms. The summed E-state index contributed by atoms with van der Waals surface area (Å²) < 4.78 is 33.5. The maximum atomic E-state index is 14.4. The first-order valence-corrected chi connectivity index (χ1v) is 6.24. The van der Waals surface area contributed by atoms with Gasteiger partial charge in [0, 0.05) is 11.3 Å². The van der Waals surface area contributed by atoms with Crippen molar-refractivity contribution in [2.45, 2.75) is 13.8 Å². The maximum Gasteiger partial charge on any atom is 0.266 e. The van der Waals surface area contributed by atoms with E-state index in [1.54, 1.807) is 19.9 Å². The van der Waals surface area contributed by atoms with Gasteiger partial charge in [0.05, 0.1) is 12.2 Å². The van der Waals surface area contributed by atoms with Crippen LogP contribution >= 0.6 is 0 Å². The second kappa shape index (κ2) is 5.75. The molecular weight excluding hydrogens is 278 g/mol. The van der Waals surface area contributed by atoms with Gasteiger partial charge in [0.25, 0.3) is 5.56 Å². The highest BCUT2D eigenvalue weighted by atomic mass is 19.1. The van der Waals surface area contributed by atoms with Crippen LogP contribution in [-0.2, 0) is 0 Å². The van der Waals surface area contributed by atoms with Gasteiger partial charge >= 0.3 is 0 Å². The zero-order valence-electron chi connectivity index (χ0n) is 11.5. The molecule has 2 aromatic rings. The van der Waals surface area contributed by atoms with E-state index in [0.717, 1.165) is 6.07 Å². The van der Waals surface area contributed by atoms with Crippen LogP contribution in [0.4, 0.5) is 8.78 Å². The number of ether oxygens (including phenoxy) is 1. The van der Waals surface area contributed by atoms with Crippen molar-refractivity contribution in [2.75, 3.05) is 6.61 Å². The molecule has 4 nitrogen and oxygen atoms in total. The summed E-state index contributed by atoms with van der Waals surface area (Å²) in [7, 11) is 0. The van der Waals surface area contributed by atoms with Crippen molar-refractivity contribution in [3.63, 3.8) is 0 Å². The van der Waals surface area contributed by atoms with Gasteiger partial charge in [-0.15, -0.1) is 0 Å². The molecule has 0 radical (unpaired) electrons. The van der Waals surface area contributed by atoms with E-state index < -0.39 is 22.8 Å². The van der Waals surface area contributed by atoms with Gasteiger partial charge in [0.15, 0.2) is 11.6 Å². The van der Waals surface area contributed by atoms with Gasteiger partial charge in [-0.2, -0.15) is 5.26 Å². The van der Waals surface area contributed by atoms with E-state index in [4.69, 9.17) is 10.00 Å². The maximum absolute atomic E-state index is 14.4. The molecule has 6 heteroatoms. The molecule has 0 aliphatic carbocycles. The molecule has 0 atom stereocenters. The number of nitrogens with zero attached hydrogens (tertiary/aromatic N) is 1. The second-order valence-corrected chi connectivity index (χ2v) is 4.35. The molecule has 0 saturated heterocycles. The highest BCUT2D eigenvalue weighted by Gasteiger charge is 2.21. The zero-order chi connectivity index (χ0) is 15.6. The fourth-order valence-corrected chi connectivity index (χ4v) is 2.04. The molecule has 1 heterocycles. The topological polar surface area (TPSA) is 65.9 Å². The average molecular weight is 290 g/mol. The molecule has 21 heavy (non-hydrogen) atoms. The lowest BCUT2D eigenvalue weighted by Gasteiger charge is -2.11. The number of halogens is 2. The summed E-state index contributed by atoms with van der Waals surface area (Å²) in [5.41, 5.74) is -1.16. The third-order valence-corrected chi connectivity index (χ3v) is 2.90. The van der Waals surface area contributed by atoms with Crippen molar-refractivity contribution in [1.29, 1.82) is 5.26 Å². The lowest BCUT2D eigenvalue weighted by molar-refractivity contribution is 0.321. The van der Waals surface area contributed by atoms with Crippen LogP contribution in [0.3, 0.4) is 0 Å². The van der Waals surface area contributed by atoms with Gasteiger partial charge in [0.2, 0.25) is 0 Å². The SMILES string of the molecule is CCOc1ccc(F)c(-c2cc(C)[nH]c(=O)c2C#N)c1F. The van der Waals surface area contributed by atoms with E-state index in [2.05, 4.69) is 4.98 Å². The predicted octanol–water partition coefficient (Wildman–Crippen LogP) is 2.90. The van der Waals surface area contributed by atoms with Crippen molar-refractivity contribution >= 4 is 0 Å². The molecule has 108 valence electrons. The number of aromatic nitrogens is 1. The Labute approximate surface area is 119 Å². The first kappa shape index (κ1) is 14.7. The zero-order valence-corrected chi connectivity index (χ0v) is 11.5. The Kier molecular flexibility index (Phi) is 4.03. The van der Waals surface area contributed by atoms with E-state index in [1.165, 1.54) is 12.1 Å². The van der Waals surface area contributed by atoms with Crippen molar-refractivity contribution in [3.05, 3.63) is 51.4 Å². The first-order chi connectivity index (χ1) is 9.99. The highest BCUT2D eigenvalue weighted by Crippen LogP contribution is 2.33. The van der Waals surface area contributed by atoms with Gasteiger partial charge in [0.1, 0.15) is 17.4 Å². The summed E-state index contributed by atoms with van der Waals surface area (Å²) in [4.78, 5) is 14.2. The summed E-state index contributed by atoms with van der Waals surface area (Å²) >= 11 is 0. The van der Waals surface area contributed by atoms with Crippen LogP contribution in [0, 0.1) is 29.9 Å². The molecule has 0 amide bonds. The Hall–Kier alpha value is -2.68. The minimum atomic E-state index is -0.932. The van der Waals surface area contributed by atoms with Crippen LogP contribution in [0.25, 0.3) is 11.1 Å². The summed E-state index contributed by atoms with van der Waals surface area (Å²) in [5.74, 6) is -1.92. The van der Waals surface area contributed by atoms with Crippen LogP contribution in [-0.4, -0.2) is 11.6 Å². The number of benzene rings is 1. The number of rotatable bonds is 3. The normalized spacial score (nSPS) is 10.2. The lowest BCUT2D eigenvalue weighted by Crippen LogP contribution is -2.13. The van der Waals surface area contributed by atoms with Crippen molar-refractivity contribution in [2.24, 2.45) is 0 Å². The standard InChI is InChI=1S/C15H12F2N2O2/c1-3-21-12-5-4-11(16)13(14(12)17)9-6-8(2)19-15(20)10(9)7-18/h4-6H,3H2,1-2H3,(H,19,20). The molecule has 1 aromatic carbocycles. The fourth-order valence-electron chi connectivity index (χ4n) is 2.04. The van der Waals surface area contributed by atoms with Crippen LogP contribution < -0.4 is 10.3 Å². The minimum absolute atomic E-state index is 0.0877. The largest absolute Gasteiger partial charge is 0.491 e. The van der Waals surface area contributed by atoms with Crippen molar-refractivity contribution in [3.8, 4) is 22.9 Å². The Bertz CT molecular complexity index is 791. The van der Waals surface area contributed by atoms with Gasteiger partial charge < -0.3 is 9.72 Å². The van der Waals surface area contributed by atoms with Gasteiger partial charge in [-0.25, -0.2) is 8.78 Å². The number of aromatic amines is 1. The minimum Gasteiger partial charge on any atom is -0.491 e.